The van der Waals surface area contributed by atoms with Crippen LogP contribution >= 0.6 is 0 Å². The number of anilines is 1. The van der Waals surface area contributed by atoms with Crippen LogP contribution < -0.4 is 10.9 Å². The van der Waals surface area contributed by atoms with Gasteiger partial charge in [-0.05, 0) is 25.1 Å². The molecule has 0 aliphatic heterocycles. The van der Waals surface area contributed by atoms with E-state index in [1.54, 1.807) is 6.92 Å². The molecule has 22 heavy (non-hydrogen) atoms. The van der Waals surface area contributed by atoms with Crippen LogP contribution in [0.1, 0.15) is 5.69 Å². The van der Waals surface area contributed by atoms with Gasteiger partial charge >= 0.3 is 5.69 Å². The number of hydrogen-bond acceptors (Lipinski definition) is 5. The van der Waals surface area contributed by atoms with Crippen molar-refractivity contribution in [3.05, 3.63) is 62.3 Å². The predicted molar refractivity (Wildman–Crippen MR) is 74.9 cm³/mol. The van der Waals surface area contributed by atoms with Crippen molar-refractivity contribution < 1.29 is 14.1 Å². The lowest BCUT2D eigenvalue weighted by atomic mass is 10.2. The molecule has 2 aromatic rings. The Morgan fingerprint density at radius 3 is 2.82 bits per heavy atom. The molecule has 0 saturated carbocycles. The van der Waals surface area contributed by atoms with Gasteiger partial charge in [-0.25, -0.2) is 4.68 Å². The first-order valence-corrected chi connectivity index (χ1v) is 6.15. The van der Waals surface area contributed by atoms with Gasteiger partial charge in [0.25, 0.3) is 5.56 Å². The van der Waals surface area contributed by atoms with Crippen LogP contribution in [-0.4, -0.2) is 20.6 Å². The number of halogens is 1. The van der Waals surface area contributed by atoms with E-state index in [1.807, 2.05) is 0 Å². The number of benzene rings is 1. The summed E-state index contributed by atoms with van der Waals surface area (Å²) in [5, 5.41) is 16.9. The van der Waals surface area contributed by atoms with Crippen molar-refractivity contribution in [2.24, 2.45) is 0 Å². The normalized spacial score (nSPS) is 10.3. The minimum atomic E-state index is -1.00. The fourth-order valence-electron chi connectivity index (χ4n) is 1.73. The van der Waals surface area contributed by atoms with Crippen molar-refractivity contribution >= 4 is 17.3 Å². The Morgan fingerprint density at radius 2 is 2.14 bits per heavy atom. The number of nitrogens with zero attached hydrogens (tertiary/aromatic N) is 3. The van der Waals surface area contributed by atoms with Crippen molar-refractivity contribution in [3.63, 3.8) is 0 Å². The van der Waals surface area contributed by atoms with Gasteiger partial charge in [-0.1, -0.05) is 0 Å². The monoisotopic (exact) mass is 306 g/mol. The highest BCUT2D eigenvalue weighted by Crippen LogP contribution is 2.21. The second-order valence-corrected chi connectivity index (χ2v) is 4.44. The fourth-order valence-corrected chi connectivity index (χ4v) is 1.73. The van der Waals surface area contributed by atoms with Crippen molar-refractivity contribution in [2.45, 2.75) is 13.5 Å². The zero-order valence-electron chi connectivity index (χ0n) is 11.4. The van der Waals surface area contributed by atoms with E-state index in [2.05, 4.69) is 10.4 Å². The zero-order valence-corrected chi connectivity index (χ0v) is 11.4. The Labute approximate surface area is 123 Å². The number of nitro benzene ring substituents is 1. The maximum absolute atomic E-state index is 13.2. The summed E-state index contributed by atoms with van der Waals surface area (Å²) in [6, 6.07) is 5.76. The minimum absolute atomic E-state index is 0.0544. The topological polar surface area (TPSA) is 107 Å². The molecule has 9 heteroatoms. The van der Waals surface area contributed by atoms with Crippen molar-refractivity contribution in [3.8, 4) is 0 Å². The number of amides is 1. The number of aromatic nitrogens is 2. The van der Waals surface area contributed by atoms with Gasteiger partial charge in [0.1, 0.15) is 6.54 Å². The average molecular weight is 306 g/mol. The van der Waals surface area contributed by atoms with Gasteiger partial charge in [0.2, 0.25) is 11.7 Å². The average Bonchev–Trinajstić information content (AvgIpc) is 2.44. The largest absolute Gasteiger partial charge is 0.324 e. The molecule has 0 spiro atoms. The minimum Gasteiger partial charge on any atom is -0.324 e. The van der Waals surface area contributed by atoms with E-state index >= 15 is 0 Å². The second-order valence-electron chi connectivity index (χ2n) is 4.44. The van der Waals surface area contributed by atoms with E-state index < -0.39 is 27.9 Å². The highest BCUT2D eigenvalue weighted by Gasteiger charge is 2.15. The van der Waals surface area contributed by atoms with E-state index in [9.17, 15) is 24.1 Å². The van der Waals surface area contributed by atoms with Gasteiger partial charge in [-0.15, -0.1) is 0 Å². The molecule has 0 radical (unpaired) electrons. The lowest BCUT2D eigenvalue weighted by molar-refractivity contribution is -0.387. The van der Waals surface area contributed by atoms with Crippen LogP contribution in [0.25, 0.3) is 0 Å². The summed E-state index contributed by atoms with van der Waals surface area (Å²) in [6.45, 7) is 1.31. The number of nitrogens with one attached hydrogen (secondary N) is 1. The highest BCUT2D eigenvalue weighted by molar-refractivity contribution is 5.90. The van der Waals surface area contributed by atoms with Crippen molar-refractivity contribution in [1.82, 2.24) is 9.78 Å². The van der Waals surface area contributed by atoms with Crippen LogP contribution in [0.15, 0.2) is 35.1 Å². The van der Waals surface area contributed by atoms with Crippen LogP contribution in [0.2, 0.25) is 0 Å². The first kappa shape index (κ1) is 15.3. The van der Waals surface area contributed by atoms with Gasteiger partial charge in [0, 0.05) is 17.8 Å². The molecule has 1 amide bonds. The van der Waals surface area contributed by atoms with Gasteiger partial charge < -0.3 is 5.32 Å². The number of nitro groups is 1. The molecule has 1 heterocycles. The van der Waals surface area contributed by atoms with E-state index in [-0.39, 0.29) is 12.2 Å². The lowest BCUT2D eigenvalue weighted by Crippen LogP contribution is -2.29. The molecule has 0 aliphatic carbocycles. The number of carbonyl (C=O) groups excluding carboxylic acids is 1. The maximum Gasteiger partial charge on any atom is 0.306 e. The second kappa shape index (κ2) is 6.12. The third kappa shape index (κ3) is 3.51. The molecule has 1 N–H and O–H groups in total. The number of hydrogen-bond donors (Lipinski definition) is 1. The Kier molecular flexibility index (Phi) is 4.25. The van der Waals surface area contributed by atoms with E-state index in [4.69, 9.17) is 0 Å². The van der Waals surface area contributed by atoms with Gasteiger partial charge in [-0.3, -0.25) is 19.7 Å². The van der Waals surface area contributed by atoms with Gasteiger partial charge in [0.15, 0.2) is 0 Å². The number of rotatable bonds is 4. The molecule has 0 fully saturated rings. The molecule has 2 rings (SSSR count). The standard InChI is InChI=1S/C13H11FN4O4/c1-8-2-5-13(20)17(16-8)7-12(19)15-9-3-4-10(14)11(6-9)18(21)22/h2-6H,7H2,1H3,(H,15,19). The summed E-state index contributed by atoms with van der Waals surface area (Å²) in [6.07, 6.45) is 0. The quantitative estimate of drug-likeness (QED) is 0.675. The maximum atomic E-state index is 13.2. The first-order valence-electron chi connectivity index (χ1n) is 6.15. The zero-order chi connectivity index (χ0) is 16.3. The Balaban J connectivity index is 2.16. The molecule has 1 aromatic heterocycles. The number of aryl methyl sites for hydroxylation is 1. The van der Waals surface area contributed by atoms with Gasteiger partial charge in [-0.2, -0.15) is 9.49 Å². The van der Waals surface area contributed by atoms with Crippen LogP contribution in [0.3, 0.4) is 0 Å². The summed E-state index contributed by atoms with van der Waals surface area (Å²) < 4.78 is 14.2. The Hall–Kier alpha value is -3.10. The van der Waals surface area contributed by atoms with Crippen LogP contribution in [0, 0.1) is 22.9 Å². The lowest BCUT2D eigenvalue weighted by Gasteiger charge is -2.07. The van der Waals surface area contributed by atoms with E-state index in [0.717, 1.165) is 16.8 Å². The Bertz CT molecular complexity index is 803. The molecule has 0 atom stereocenters. The van der Waals surface area contributed by atoms with E-state index in [1.165, 1.54) is 18.2 Å². The summed E-state index contributed by atoms with van der Waals surface area (Å²) in [4.78, 5) is 33.1. The fraction of sp³-hybridized carbons (Fsp3) is 0.154. The van der Waals surface area contributed by atoms with Crippen LogP contribution in [-0.2, 0) is 11.3 Å². The van der Waals surface area contributed by atoms with Crippen molar-refractivity contribution in [2.75, 3.05) is 5.32 Å². The smallest absolute Gasteiger partial charge is 0.306 e. The summed E-state index contributed by atoms with van der Waals surface area (Å²) in [7, 11) is 0. The van der Waals surface area contributed by atoms with Gasteiger partial charge in [0.05, 0.1) is 10.6 Å². The summed E-state index contributed by atoms with van der Waals surface area (Å²) in [5.74, 6) is -1.61. The predicted octanol–water partition coefficient (Wildman–Crippen LogP) is 1.24. The van der Waals surface area contributed by atoms with E-state index in [0.29, 0.717) is 5.69 Å². The molecule has 0 bridgehead atoms. The summed E-state index contributed by atoms with van der Waals surface area (Å²) >= 11 is 0. The van der Waals surface area contributed by atoms with Crippen molar-refractivity contribution in [1.29, 1.82) is 0 Å². The molecule has 8 nitrogen and oxygen atoms in total. The summed E-state index contributed by atoms with van der Waals surface area (Å²) in [5.41, 5.74) is -0.585. The molecule has 1 aromatic carbocycles. The molecule has 0 aliphatic rings. The molecule has 0 unspecified atom stereocenters. The molecule has 0 saturated heterocycles. The third-order valence-corrected chi connectivity index (χ3v) is 2.72. The highest BCUT2D eigenvalue weighted by atomic mass is 19.1. The van der Waals surface area contributed by atoms with Crippen LogP contribution in [0.5, 0.6) is 0 Å². The molecule has 114 valence electrons. The third-order valence-electron chi connectivity index (χ3n) is 2.72. The molecular formula is C13H11FN4O4. The Morgan fingerprint density at radius 1 is 1.41 bits per heavy atom. The first-order chi connectivity index (χ1) is 10.4. The SMILES string of the molecule is Cc1ccc(=O)n(CC(=O)Nc2ccc(F)c([N+](=O)[O-])c2)n1. The number of carbonyl (C=O) groups is 1. The molecular weight excluding hydrogens is 295 g/mol. The van der Waals surface area contributed by atoms with Crippen LogP contribution in [0.4, 0.5) is 15.8 Å².